The summed E-state index contributed by atoms with van der Waals surface area (Å²) in [6, 6.07) is 15.9. The molecule has 3 aromatic rings. The van der Waals surface area contributed by atoms with Crippen LogP contribution >= 0.6 is 11.6 Å². The lowest BCUT2D eigenvalue weighted by Gasteiger charge is -2.20. The van der Waals surface area contributed by atoms with Crippen molar-refractivity contribution in [2.24, 2.45) is 5.10 Å². The van der Waals surface area contributed by atoms with Crippen molar-refractivity contribution in [2.45, 2.75) is 12.5 Å². The van der Waals surface area contributed by atoms with Gasteiger partial charge in [-0.1, -0.05) is 29.8 Å². The van der Waals surface area contributed by atoms with E-state index in [0.29, 0.717) is 34.5 Å². The number of para-hydroxylation sites is 1. The number of benzene rings is 2. The Morgan fingerprint density at radius 2 is 1.81 bits per heavy atom. The Balaban J connectivity index is 1.58. The number of ether oxygens (including phenoxy) is 3. The number of hydrogen-bond donors (Lipinski definition) is 0. The second-order valence-corrected chi connectivity index (χ2v) is 7.24. The zero-order chi connectivity index (χ0) is 21.8. The first kappa shape index (κ1) is 20.8. The summed E-state index contributed by atoms with van der Waals surface area (Å²) in [5.41, 5.74) is 1.66. The minimum Gasteiger partial charge on any atom is -0.493 e. The number of hydrazone groups is 1. The van der Waals surface area contributed by atoms with E-state index in [1.165, 1.54) is 19.2 Å². The standard InChI is InChI=1S/C23H21ClN2O5/c1-28-20-5-3-6-21(29-2)23(20)31-14-22(27)26-18(19-7-4-12-30-19)13-17(25-26)15-8-10-16(24)11-9-15/h3-12,18H,13-14H2,1-2H3. The molecule has 0 bridgehead atoms. The number of carbonyl (C=O) groups is 1. The molecule has 8 heteroatoms. The van der Waals surface area contributed by atoms with Crippen molar-refractivity contribution in [1.29, 1.82) is 0 Å². The van der Waals surface area contributed by atoms with Crippen LogP contribution in [0.4, 0.5) is 0 Å². The van der Waals surface area contributed by atoms with Gasteiger partial charge in [-0.05, 0) is 42.0 Å². The van der Waals surface area contributed by atoms with Crippen LogP contribution in [0.25, 0.3) is 0 Å². The van der Waals surface area contributed by atoms with Crippen LogP contribution in [0, 0.1) is 0 Å². The van der Waals surface area contributed by atoms with E-state index in [1.54, 1.807) is 42.7 Å². The highest BCUT2D eigenvalue weighted by Crippen LogP contribution is 2.37. The predicted octanol–water partition coefficient (Wildman–Crippen LogP) is 4.71. The molecule has 1 aliphatic heterocycles. The molecule has 0 fully saturated rings. The number of furan rings is 1. The molecule has 0 radical (unpaired) electrons. The summed E-state index contributed by atoms with van der Waals surface area (Å²) < 4.78 is 22.0. The summed E-state index contributed by atoms with van der Waals surface area (Å²) >= 11 is 6.00. The highest BCUT2D eigenvalue weighted by atomic mass is 35.5. The molecule has 2 aromatic carbocycles. The lowest BCUT2D eigenvalue weighted by Crippen LogP contribution is -2.31. The Labute approximate surface area is 184 Å². The van der Waals surface area contributed by atoms with Crippen LogP contribution in [0.3, 0.4) is 0 Å². The molecule has 1 unspecified atom stereocenters. The third kappa shape index (κ3) is 4.36. The minimum absolute atomic E-state index is 0.245. The quantitative estimate of drug-likeness (QED) is 0.532. The van der Waals surface area contributed by atoms with Gasteiger partial charge in [0.15, 0.2) is 18.1 Å². The molecule has 0 saturated heterocycles. The van der Waals surface area contributed by atoms with Gasteiger partial charge in [-0.2, -0.15) is 5.10 Å². The minimum atomic E-state index is -0.364. The Bertz CT molecular complexity index is 1060. The SMILES string of the molecule is COc1cccc(OC)c1OCC(=O)N1N=C(c2ccc(Cl)cc2)CC1c1ccco1. The van der Waals surface area contributed by atoms with E-state index in [2.05, 4.69) is 5.10 Å². The van der Waals surface area contributed by atoms with E-state index < -0.39 is 0 Å². The van der Waals surface area contributed by atoms with Gasteiger partial charge in [0.1, 0.15) is 11.8 Å². The van der Waals surface area contributed by atoms with E-state index >= 15 is 0 Å². The van der Waals surface area contributed by atoms with Crippen LogP contribution in [0.15, 0.2) is 70.4 Å². The van der Waals surface area contributed by atoms with Crippen molar-refractivity contribution in [1.82, 2.24) is 5.01 Å². The highest BCUT2D eigenvalue weighted by molar-refractivity contribution is 6.30. The van der Waals surface area contributed by atoms with Crippen LogP contribution in [0.5, 0.6) is 17.2 Å². The van der Waals surface area contributed by atoms with Gasteiger partial charge in [-0.3, -0.25) is 4.79 Å². The van der Waals surface area contributed by atoms with Crippen molar-refractivity contribution in [2.75, 3.05) is 20.8 Å². The van der Waals surface area contributed by atoms with Crippen molar-refractivity contribution >= 4 is 23.2 Å². The molecule has 1 aromatic heterocycles. The second-order valence-electron chi connectivity index (χ2n) is 6.81. The van der Waals surface area contributed by atoms with Crippen LogP contribution in [-0.4, -0.2) is 37.5 Å². The number of carbonyl (C=O) groups excluding carboxylic acids is 1. The van der Waals surface area contributed by atoms with Gasteiger partial charge >= 0.3 is 0 Å². The van der Waals surface area contributed by atoms with Gasteiger partial charge in [0.25, 0.3) is 5.91 Å². The molecule has 0 spiro atoms. The third-order valence-electron chi connectivity index (χ3n) is 4.94. The Kier molecular flexibility index (Phi) is 6.13. The van der Waals surface area contributed by atoms with Crippen molar-refractivity contribution in [3.8, 4) is 17.2 Å². The van der Waals surface area contributed by atoms with Gasteiger partial charge in [0.05, 0.1) is 26.2 Å². The van der Waals surface area contributed by atoms with Gasteiger partial charge in [0, 0.05) is 11.4 Å². The molecule has 0 saturated carbocycles. The zero-order valence-corrected chi connectivity index (χ0v) is 17.8. The van der Waals surface area contributed by atoms with E-state index in [0.717, 1.165) is 11.3 Å². The summed E-state index contributed by atoms with van der Waals surface area (Å²) in [6.07, 6.45) is 2.09. The largest absolute Gasteiger partial charge is 0.493 e. The first-order valence-corrected chi connectivity index (χ1v) is 10.0. The number of hydrogen-bond acceptors (Lipinski definition) is 6. The number of amides is 1. The zero-order valence-electron chi connectivity index (χ0n) is 17.1. The molecule has 0 aliphatic carbocycles. The average molecular weight is 441 g/mol. The molecular formula is C23H21ClN2O5. The van der Waals surface area contributed by atoms with Crippen LogP contribution < -0.4 is 14.2 Å². The fraction of sp³-hybridized carbons (Fsp3) is 0.217. The van der Waals surface area contributed by atoms with Gasteiger partial charge in [0.2, 0.25) is 5.75 Å². The normalized spacial score (nSPS) is 15.5. The monoisotopic (exact) mass is 440 g/mol. The Morgan fingerprint density at radius 3 is 2.42 bits per heavy atom. The first-order valence-electron chi connectivity index (χ1n) is 9.63. The smallest absolute Gasteiger partial charge is 0.281 e. The van der Waals surface area contributed by atoms with E-state index in [9.17, 15) is 4.79 Å². The molecule has 31 heavy (non-hydrogen) atoms. The first-order chi connectivity index (χ1) is 15.1. The summed E-state index contributed by atoms with van der Waals surface area (Å²) in [5.74, 6) is 1.63. The number of rotatable bonds is 7. The van der Waals surface area contributed by atoms with Gasteiger partial charge in [-0.25, -0.2) is 5.01 Å². The Morgan fingerprint density at radius 1 is 1.10 bits per heavy atom. The molecule has 160 valence electrons. The average Bonchev–Trinajstić information content (AvgIpc) is 3.47. The van der Waals surface area contributed by atoms with E-state index in [1.807, 2.05) is 18.2 Å². The summed E-state index contributed by atoms with van der Waals surface area (Å²) in [5, 5.41) is 6.62. The maximum atomic E-state index is 13.1. The molecule has 1 aliphatic rings. The van der Waals surface area contributed by atoms with Gasteiger partial charge in [-0.15, -0.1) is 0 Å². The molecule has 1 atom stereocenters. The highest BCUT2D eigenvalue weighted by Gasteiger charge is 2.35. The Hall–Kier alpha value is -3.45. The number of methoxy groups -OCH3 is 2. The fourth-order valence-electron chi connectivity index (χ4n) is 3.42. The van der Waals surface area contributed by atoms with Crippen molar-refractivity contribution in [3.63, 3.8) is 0 Å². The molecule has 4 rings (SSSR count). The number of halogens is 1. The topological polar surface area (TPSA) is 73.5 Å². The third-order valence-corrected chi connectivity index (χ3v) is 5.19. The lowest BCUT2D eigenvalue weighted by molar-refractivity contribution is -0.135. The van der Waals surface area contributed by atoms with Crippen molar-refractivity contribution in [3.05, 3.63) is 77.2 Å². The second kappa shape index (κ2) is 9.14. The van der Waals surface area contributed by atoms with E-state index in [-0.39, 0.29) is 18.6 Å². The number of nitrogens with zero attached hydrogens (tertiary/aromatic N) is 2. The van der Waals surface area contributed by atoms with Gasteiger partial charge < -0.3 is 18.6 Å². The molecular weight excluding hydrogens is 420 g/mol. The van der Waals surface area contributed by atoms with Crippen LogP contribution in [-0.2, 0) is 4.79 Å². The molecule has 2 heterocycles. The lowest BCUT2D eigenvalue weighted by atomic mass is 10.0. The van der Waals surface area contributed by atoms with E-state index in [4.69, 9.17) is 30.2 Å². The summed E-state index contributed by atoms with van der Waals surface area (Å²) in [6.45, 7) is -0.245. The summed E-state index contributed by atoms with van der Waals surface area (Å²) in [4.78, 5) is 13.1. The molecule has 1 amide bonds. The predicted molar refractivity (Wildman–Crippen MR) is 116 cm³/mol. The van der Waals surface area contributed by atoms with Crippen LogP contribution in [0.2, 0.25) is 5.02 Å². The maximum absolute atomic E-state index is 13.1. The fourth-order valence-corrected chi connectivity index (χ4v) is 3.55. The van der Waals surface area contributed by atoms with Crippen LogP contribution in [0.1, 0.15) is 23.8 Å². The molecule has 0 N–H and O–H groups in total. The summed E-state index contributed by atoms with van der Waals surface area (Å²) in [7, 11) is 3.05. The van der Waals surface area contributed by atoms with Crippen molar-refractivity contribution < 1.29 is 23.4 Å². The maximum Gasteiger partial charge on any atom is 0.281 e. The molecule has 7 nitrogen and oxygen atoms in total.